The SMILES string of the molecule is O=C(Nc1cc(OCC(F)(F)C(F)F)cc([N+](=O)[O-])c1)c1cccc(I)c1. The van der Waals surface area contributed by atoms with E-state index in [2.05, 4.69) is 10.1 Å². The van der Waals surface area contributed by atoms with Crippen LogP contribution < -0.4 is 10.1 Å². The number of nitro benzene ring substituents is 1. The number of amides is 1. The van der Waals surface area contributed by atoms with Gasteiger partial charge in [0.1, 0.15) is 5.75 Å². The number of carbonyl (C=O) groups is 1. The average Bonchev–Trinajstić information content (AvgIpc) is 2.59. The zero-order valence-corrected chi connectivity index (χ0v) is 15.5. The predicted octanol–water partition coefficient (Wildman–Crippen LogP) is 4.73. The smallest absolute Gasteiger partial charge is 0.340 e. The minimum atomic E-state index is -4.42. The lowest BCUT2D eigenvalue weighted by Crippen LogP contribution is -2.33. The molecule has 0 spiro atoms. The lowest BCUT2D eigenvalue weighted by molar-refractivity contribution is -0.384. The average molecular weight is 498 g/mol. The van der Waals surface area contributed by atoms with Crippen LogP contribution in [0.25, 0.3) is 0 Å². The molecule has 6 nitrogen and oxygen atoms in total. The van der Waals surface area contributed by atoms with Crippen LogP contribution in [0.2, 0.25) is 0 Å². The number of nitrogens with one attached hydrogen (secondary N) is 1. The van der Waals surface area contributed by atoms with E-state index in [0.29, 0.717) is 0 Å². The Kier molecular flexibility index (Phi) is 6.57. The van der Waals surface area contributed by atoms with Gasteiger partial charge in [0, 0.05) is 21.3 Å². The summed E-state index contributed by atoms with van der Waals surface area (Å²) in [5.41, 5.74) is -0.408. The number of ether oxygens (including phenoxy) is 1. The van der Waals surface area contributed by atoms with Gasteiger partial charge in [0.15, 0.2) is 6.61 Å². The summed E-state index contributed by atoms with van der Waals surface area (Å²) in [5, 5.41) is 13.4. The Morgan fingerprint density at radius 2 is 1.96 bits per heavy atom. The fourth-order valence-electron chi connectivity index (χ4n) is 1.92. The monoisotopic (exact) mass is 498 g/mol. The summed E-state index contributed by atoms with van der Waals surface area (Å²) in [7, 11) is 0. The molecule has 2 aromatic rings. The van der Waals surface area contributed by atoms with Crippen LogP contribution in [0, 0.1) is 13.7 Å². The van der Waals surface area contributed by atoms with E-state index < -0.39 is 41.2 Å². The summed E-state index contributed by atoms with van der Waals surface area (Å²) in [6.45, 7) is -1.67. The molecule has 0 aliphatic heterocycles. The molecule has 1 amide bonds. The van der Waals surface area contributed by atoms with Gasteiger partial charge >= 0.3 is 12.3 Å². The van der Waals surface area contributed by atoms with Crippen molar-refractivity contribution >= 4 is 39.9 Å². The van der Waals surface area contributed by atoms with E-state index in [1.54, 1.807) is 18.2 Å². The third kappa shape index (κ3) is 5.77. The van der Waals surface area contributed by atoms with E-state index in [0.717, 1.165) is 21.8 Å². The van der Waals surface area contributed by atoms with Crippen molar-refractivity contribution in [2.24, 2.45) is 0 Å². The fraction of sp³-hybridized carbons (Fsp3) is 0.188. The Morgan fingerprint density at radius 3 is 2.56 bits per heavy atom. The second kappa shape index (κ2) is 8.50. The summed E-state index contributed by atoms with van der Waals surface area (Å²) < 4.78 is 55.7. The third-order valence-electron chi connectivity index (χ3n) is 3.20. The zero-order chi connectivity index (χ0) is 20.2. The Labute approximate surface area is 163 Å². The number of nitro groups is 1. The molecule has 27 heavy (non-hydrogen) atoms. The first-order valence-electron chi connectivity index (χ1n) is 7.23. The van der Waals surface area contributed by atoms with Crippen LogP contribution in [0.1, 0.15) is 10.4 Å². The van der Waals surface area contributed by atoms with Crippen LogP contribution in [0.4, 0.5) is 28.9 Å². The highest BCUT2D eigenvalue weighted by molar-refractivity contribution is 14.1. The van der Waals surface area contributed by atoms with Gasteiger partial charge < -0.3 is 10.1 Å². The number of anilines is 1. The molecular formula is C16H11F4IN2O4. The maximum absolute atomic E-state index is 13.0. The molecule has 0 fully saturated rings. The van der Waals surface area contributed by atoms with Crippen LogP contribution in [0.3, 0.4) is 0 Å². The molecule has 144 valence electrons. The highest BCUT2D eigenvalue weighted by Gasteiger charge is 2.41. The normalized spacial score (nSPS) is 11.3. The molecule has 0 atom stereocenters. The summed E-state index contributed by atoms with van der Waals surface area (Å²) >= 11 is 1.99. The van der Waals surface area contributed by atoms with Crippen molar-refractivity contribution in [1.29, 1.82) is 0 Å². The summed E-state index contributed by atoms with van der Waals surface area (Å²) in [6, 6.07) is 9.27. The van der Waals surface area contributed by atoms with E-state index >= 15 is 0 Å². The standard InChI is InChI=1S/C16H11F4IN2O4/c17-15(18)16(19,20)8-27-13-6-11(5-12(7-13)23(25)26)22-14(24)9-2-1-3-10(21)4-9/h1-7,15H,8H2,(H,22,24). The number of alkyl halides is 4. The first-order chi connectivity index (χ1) is 12.6. The molecule has 0 saturated heterocycles. The first-order valence-corrected chi connectivity index (χ1v) is 8.31. The van der Waals surface area contributed by atoms with Crippen LogP contribution in [0.5, 0.6) is 5.75 Å². The molecule has 0 bridgehead atoms. The Morgan fingerprint density at radius 1 is 1.26 bits per heavy atom. The van der Waals surface area contributed by atoms with Gasteiger partial charge in [0.05, 0.1) is 16.7 Å². The molecule has 1 N–H and O–H groups in total. The van der Waals surface area contributed by atoms with Crippen molar-refractivity contribution < 1.29 is 32.0 Å². The number of non-ortho nitro benzene ring substituents is 1. The third-order valence-corrected chi connectivity index (χ3v) is 3.87. The lowest BCUT2D eigenvalue weighted by atomic mass is 10.2. The molecule has 0 saturated carbocycles. The quantitative estimate of drug-likeness (QED) is 0.259. The maximum atomic E-state index is 13.0. The Bertz CT molecular complexity index is 864. The van der Waals surface area contributed by atoms with Gasteiger partial charge in [-0.2, -0.15) is 8.78 Å². The number of carbonyl (C=O) groups excluding carboxylic acids is 1. The van der Waals surface area contributed by atoms with Crippen molar-refractivity contribution in [2.75, 3.05) is 11.9 Å². The van der Waals surface area contributed by atoms with E-state index in [1.807, 2.05) is 22.6 Å². The molecule has 0 heterocycles. The molecule has 2 rings (SSSR count). The number of benzene rings is 2. The maximum Gasteiger partial charge on any atom is 0.340 e. The summed E-state index contributed by atoms with van der Waals surface area (Å²) in [6.07, 6.45) is -3.95. The van der Waals surface area contributed by atoms with Gasteiger partial charge in [0.2, 0.25) is 0 Å². The molecular weight excluding hydrogens is 487 g/mol. The molecule has 0 aliphatic rings. The molecule has 0 unspecified atom stereocenters. The van der Waals surface area contributed by atoms with E-state index in [1.165, 1.54) is 6.07 Å². The van der Waals surface area contributed by atoms with Gasteiger partial charge in [-0.05, 0) is 40.8 Å². The van der Waals surface area contributed by atoms with Crippen molar-refractivity contribution in [1.82, 2.24) is 0 Å². The van der Waals surface area contributed by atoms with E-state index in [-0.39, 0.29) is 11.3 Å². The highest BCUT2D eigenvalue weighted by Crippen LogP contribution is 2.29. The van der Waals surface area contributed by atoms with E-state index in [9.17, 15) is 32.5 Å². The number of nitrogens with zero attached hydrogens (tertiary/aromatic N) is 1. The summed E-state index contributed by atoms with van der Waals surface area (Å²) in [4.78, 5) is 22.4. The molecule has 0 aliphatic carbocycles. The summed E-state index contributed by atoms with van der Waals surface area (Å²) in [5.74, 6) is -5.48. The number of hydrogen-bond acceptors (Lipinski definition) is 4. The van der Waals surface area contributed by atoms with Gasteiger partial charge in [-0.15, -0.1) is 0 Å². The van der Waals surface area contributed by atoms with Gasteiger partial charge in [-0.1, -0.05) is 6.07 Å². The zero-order valence-electron chi connectivity index (χ0n) is 13.3. The highest BCUT2D eigenvalue weighted by atomic mass is 127. The van der Waals surface area contributed by atoms with Crippen LogP contribution in [-0.4, -0.2) is 29.8 Å². The van der Waals surface area contributed by atoms with Crippen LogP contribution in [-0.2, 0) is 0 Å². The van der Waals surface area contributed by atoms with Gasteiger partial charge in [-0.25, -0.2) is 8.78 Å². The Balaban J connectivity index is 2.24. The molecule has 2 aromatic carbocycles. The second-order valence-corrected chi connectivity index (χ2v) is 6.53. The first kappa shape index (κ1) is 20.9. The predicted molar refractivity (Wildman–Crippen MR) is 96.7 cm³/mol. The van der Waals surface area contributed by atoms with Crippen molar-refractivity contribution in [3.05, 3.63) is 61.7 Å². The van der Waals surface area contributed by atoms with Crippen LogP contribution >= 0.6 is 22.6 Å². The van der Waals surface area contributed by atoms with Crippen LogP contribution in [0.15, 0.2) is 42.5 Å². The topological polar surface area (TPSA) is 81.5 Å². The largest absolute Gasteiger partial charge is 0.487 e. The number of hydrogen-bond donors (Lipinski definition) is 1. The van der Waals surface area contributed by atoms with Crippen molar-refractivity contribution in [3.8, 4) is 5.75 Å². The van der Waals surface area contributed by atoms with Gasteiger partial charge in [0.25, 0.3) is 11.6 Å². The second-order valence-electron chi connectivity index (χ2n) is 5.29. The lowest BCUT2D eigenvalue weighted by Gasteiger charge is -2.16. The van der Waals surface area contributed by atoms with E-state index in [4.69, 9.17) is 0 Å². The minimum absolute atomic E-state index is 0.108. The van der Waals surface area contributed by atoms with Gasteiger partial charge in [-0.3, -0.25) is 14.9 Å². The Hall–Kier alpha value is -2.44. The molecule has 11 heteroatoms. The molecule has 0 radical (unpaired) electrons. The van der Waals surface area contributed by atoms with Crippen molar-refractivity contribution in [2.45, 2.75) is 12.3 Å². The fourth-order valence-corrected chi connectivity index (χ4v) is 2.46. The molecule has 0 aromatic heterocycles. The van der Waals surface area contributed by atoms with Crippen molar-refractivity contribution in [3.63, 3.8) is 0 Å². The number of rotatable bonds is 7. The number of halogens is 5. The minimum Gasteiger partial charge on any atom is -0.487 e.